The Morgan fingerprint density at radius 3 is 1.02 bits per heavy atom. The zero-order chi connectivity index (χ0) is 41.2. The molecular weight excluding hydrogens is 771 g/mol. The van der Waals surface area contributed by atoms with Gasteiger partial charge in [0.1, 0.15) is 0 Å². The summed E-state index contributed by atoms with van der Waals surface area (Å²) in [5.74, 6) is 0. The minimum atomic E-state index is 1.10. The maximum atomic E-state index is 2.36. The standard InChI is InChI=1S/C58H41N3S/c1-4-14-44(15-5-1)57-40-41-58(62-57)45-28-34-50(35-29-45)59(46-16-6-2-7-17-46)48-30-24-42(25-31-48)43-26-32-49(33-27-43)60(47-18-8-3-9-19-47)51-36-38-52(39-37-51)61-55-22-12-10-20-53(55)54-21-11-13-23-56(54)61/h1-41H. The van der Waals surface area contributed by atoms with Crippen molar-refractivity contribution in [2.24, 2.45) is 0 Å². The largest absolute Gasteiger partial charge is 0.311 e. The lowest BCUT2D eigenvalue weighted by atomic mass is 10.0. The van der Waals surface area contributed by atoms with E-state index in [9.17, 15) is 0 Å². The van der Waals surface area contributed by atoms with Crippen molar-refractivity contribution in [3.63, 3.8) is 0 Å². The molecule has 0 unspecified atom stereocenters. The van der Waals surface area contributed by atoms with Gasteiger partial charge in [-0.1, -0.05) is 140 Å². The minimum absolute atomic E-state index is 1.10. The summed E-state index contributed by atoms with van der Waals surface area (Å²) in [5.41, 5.74) is 15.0. The van der Waals surface area contributed by atoms with E-state index in [0.717, 1.165) is 50.9 Å². The van der Waals surface area contributed by atoms with Crippen LogP contribution in [0.4, 0.5) is 34.1 Å². The Morgan fingerprint density at radius 2 is 0.581 bits per heavy atom. The van der Waals surface area contributed by atoms with Crippen LogP contribution in [0.1, 0.15) is 0 Å². The van der Waals surface area contributed by atoms with Gasteiger partial charge in [0, 0.05) is 60.3 Å². The van der Waals surface area contributed by atoms with Crippen molar-refractivity contribution in [1.82, 2.24) is 4.57 Å². The van der Waals surface area contributed by atoms with E-state index in [2.05, 4.69) is 263 Å². The molecule has 4 heteroatoms. The molecule has 2 aromatic heterocycles. The topological polar surface area (TPSA) is 11.4 Å². The second-order valence-electron chi connectivity index (χ2n) is 15.4. The van der Waals surface area contributed by atoms with Gasteiger partial charge in [-0.3, -0.25) is 0 Å². The van der Waals surface area contributed by atoms with E-state index >= 15 is 0 Å². The highest BCUT2D eigenvalue weighted by Gasteiger charge is 2.17. The molecule has 3 nitrogen and oxygen atoms in total. The number of aromatic nitrogens is 1. The maximum Gasteiger partial charge on any atom is 0.0541 e. The number of rotatable bonds is 10. The smallest absolute Gasteiger partial charge is 0.0541 e. The quantitative estimate of drug-likeness (QED) is 0.136. The number of nitrogens with zero attached hydrogens (tertiary/aromatic N) is 3. The van der Waals surface area contributed by atoms with Crippen LogP contribution in [-0.2, 0) is 0 Å². The highest BCUT2D eigenvalue weighted by molar-refractivity contribution is 7.18. The Kier molecular flexibility index (Phi) is 9.74. The fourth-order valence-electron chi connectivity index (χ4n) is 8.63. The fraction of sp³-hybridized carbons (Fsp3) is 0. The third-order valence-electron chi connectivity index (χ3n) is 11.6. The van der Waals surface area contributed by atoms with E-state index in [0.29, 0.717) is 0 Å². The Balaban J connectivity index is 0.873. The summed E-state index contributed by atoms with van der Waals surface area (Å²) in [6.07, 6.45) is 0. The van der Waals surface area contributed by atoms with E-state index in [-0.39, 0.29) is 0 Å². The van der Waals surface area contributed by atoms with Gasteiger partial charge in [-0.15, -0.1) is 11.3 Å². The van der Waals surface area contributed by atoms with Crippen LogP contribution in [0, 0.1) is 0 Å². The van der Waals surface area contributed by atoms with Crippen molar-refractivity contribution in [3.8, 4) is 37.7 Å². The minimum Gasteiger partial charge on any atom is -0.311 e. The summed E-state index contributed by atoms with van der Waals surface area (Å²) >= 11 is 1.83. The van der Waals surface area contributed by atoms with Gasteiger partial charge in [-0.2, -0.15) is 0 Å². The molecule has 0 radical (unpaired) electrons. The average Bonchev–Trinajstić information content (AvgIpc) is 3.98. The second kappa shape index (κ2) is 16.3. The maximum absolute atomic E-state index is 2.36. The third-order valence-corrected chi connectivity index (χ3v) is 12.8. The number of para-hydroxylation sites is 4. The Bertz CT molecular complexity index is 3190. The van der Waals surface area contributed by atoms with Crippen molar-refractivity contribution in [2.45, 2.75) is 0 Å². The first-order valence-corrected chi connectivity index (χ1v) is 21.8. The number of fused-ring (bicyclic) bond motifs is 3. The van der Waals surface area contributed by atoms with E-state index in [1.54, 1.807) is 0 Å². The average molecular weight is 812 g/mol. The SMILES string of the molecule is c1ccc(-c2ccc(-c3ccc(N(c4ccccc4)c4ccc(-c5ccc(N(c6ccccc6)c6ccc(-n7c8ccccc8c8ccccc87)cc6)cc5)cc4)cc3)s2)cc1. The van der Waals surface area contributed by atoms with Crippen molar-refractivity contribution in [3.05, 3.63) is 249 Å². The predicted octanol–water partition coefficient (Wildman–Crippen LogP) is 16.8. The van der Waals surface area contributed by atoms with Gasteiger partial charge in [-0.05, 0) is 131 Å². The summed E-state index contributed by atoms with van der Waals surface area (Å²) in [5, 5.41) is 2.53. The molecule has 0 aliphatic heterocycles. The molecule has 0 bridgehead atoms. The highest BCUT2D eigenvalue weighted by Crippen LogP contribution is 2.41. The number of thiophene rings is 1. The van der Waals surface area contributed by atoms with Crippen LogP contribution in [0.25, 0.3) is 59.5 Å². The molecule has 11 rings (SSSR count). The molecule has 9 aromatic carbocycles. The van der Waals surface area contributed by atoms with Gasteiger partial charge in [0.2, 0.25) is 0 Å². The Labute approximate surface area is 366 Å². The molecule has 0 fully saturated rings. The van der Waals surface area contributed by atoms with Gasteiger partial charge in [0.15, 0.2) is 0 Å². The molecule has 294 valence electrons. The third kappa shape index (κ3) is 7.02. The molecule has 2 heterocycles. The molecular formula is C58H41N3S. The molecule has 0 spiro atoms. The number of anilines is 6. The highest BCUT2D eigenvalue weighted by atomic mass is 32.1. The normalized spacial score (nSPS) is 11.2. The molecule has 0 N–H and O–H groups in total. The number of hydrogen-bond acceptors (Lipinski definition) is 3. The van der Waals surface area contributed by atoms with Crippen molar-refractivity contribution >= 4 is 67.3 Å². The van der Waals surface area contributed by atoms with Crippen molar-refractivity contribution < 1.29 is 0 Å². The lowest BCUT2D eigenvalue weighted by molar-refractivity contribution is 1.17. The molecule has 0 saturated heterocycles. The van der Waals surface area contributed by atoms with Crippen LogP contribution in [0.15, 0.2) is 249 Å². The van der Waals surface area contributed by atoms with E-state index < -0.39 is 0 Å². The number of hydrogen-bond donors (Lipinski definition) is 0. The molecule has 0 aliphatic carbocycles. The van der Waals surface area contributed by atoms with Crippen molar-refractivity contribution in [2.75, 3.05) is 9.80 Å². The van der Waals surface area contributed by atoms with Crippen LogP contribution in [0.5, 0.6) is 0 Å². The van der Waals surface area contributed by atoms with E-state index in [4.69, 9.17) is 0 Å². The van der Waals surface area contributed by atoms with Crippen LogP contribution < -0.4 is 9.80 Å². The number of benzene rings is 9. The molecule has 0 amide bonds. The van der Waals surface area contributed by atoms with E-state index in [1.807, 2.05) is 11.3 Å². The predicted molar refractivity (Wildman–Crippen MR) is 264 cm³/mol. The zero-order valence-corrected chi connectivity index (χ0v) is 34.7. The zero-order valence-electron chi connectivity index (χ0n) is 33.9. The van der Waals surface area contributed by atoms with Crippen LogP contribution in [0.2, 0.25) is 0 Å². The van der Waals surface area contributed by atoms with Gasteiger partial charge in [-0.25, -0.2) is 0 Å². The Hall–Kier alpha value is -7.92. The first-order chi connectivity index (χ1) is 30.7. The summed E-state index contributed by atoms with van der Waals surface area (Å²) in [7, 11) is 0. The second-order valence-corrected chi connectivity index (χ2v) is 16.5. The lowest BCUT2D eigenvalue weighted by Gasteiger charge is -2.26. The summed E-state index contributed by atoms with van der Waals surface area (Å²) in [6, 6.07) is 89.3. The molecule has 0 aliphatic rings. The van der Waals surface area contributed by atoms with E-state index in [1.165, 1.54) is 42.7 Å². The van der Waals surface area contributed by atoms with Crippen LogP contribution >= 0.6 is 11.3 Å². The van der Waals surface area contributed by atoms with Gasteiger partial charge in [0.05, 0.1) is 11.0 Å². The lowest BCUT2D eigenvalue weighted by Crippen LogP contribution is -2.10. The molecule has 11 aromatic rings. The summed E-state index contributed by atoms with van der Waals surface area (Å²) < 4.78 is 2.36. The summed E-state index contributed by atoms with van der Waals surface area (Å²) in [4.78, 5) is 7.19. The van der Waals surface area contributed by atoms with Gasteiger partial charge >= 0.3 is 0 Å². The first-order valence-electron chi connectivity index (χ1n) is 21.0. The summed E-state index contributed by atoms with van der Waals surface area (Å²) in [6.45, 7) is 0. The fourth-order valence-corrected chi connectivity index (χ4v) is 9.65. The first kappa shape index (κ1) is 37.1. The Morgan fingerprint density at radius 1 is 0.258 bits per heavy atom. The van der Waals surface area contributed by atoms with Crippen LogP contribution in [-0.4, -0.2) is 4.57 Å². The molecule has 0 saturated carbocycles. The monoisotopic (exact) mass is 811 g/mol. The molecule has 62 heavy (non-hydrogen) atoms. The van der Waals surface area contributed by atoms with Gasteiger partial charge in [0.25, 0.3) is 0 Å². The van der Waals surface area contributed by atoms with Gasteiger partial charge < -0.3 is 14.4 Å². The van der Waals surface area contributed by atoms with Crippen molar-refractivity contribution in [1.29, 1.82) is 0 Å². The van der Waals surface area contributed by atoms with Crippen LogP contribution in [0.3, 0.4) is 0 Å². The molecule has 0 atom stereocenters.